The molecule has 1 N–H and O–H groups in total. The Morgan fingerprint density at radius 1 is 1.39 bits per heavy atom. The molecule has 0 radical (unpaired) electrons. The van der Waals surface area contributed by atoms with Crippen LogP contribution in [0, 0.1) is 0 Å². The molecule has 94 valence electrons. The lowest BCUT2D eigenvalue weighted by Crippen LogP contribution is -2.19. The molecule has 1 aliphatic heterocycles. The molecule has 1 heterocycles. The zero-order valence-electron chi connectivity index (χ0n) is 9.40. The van der Waals surface area contributed by atoms with Gasteiger partial charge in [0.15, 0.2) is 11.5 Å². The summed E-state index contributed by atoms with van der Waals surface area (Å²) in [4.78, 5) is 14.4. The average molecular weight is 312 g/mol. The van der Waals surface area contributed by atoms with Crippen molar-refractivity contribution < 1.29 is 19.4 Å². The lowest BCUT2D eigenvalue weighted by atomic mass is 10.0. The highest BCUT2D eigenvalue weighted by atomic mass is 79.9. The Morgan fingerprint density at radius 3 is 2.78 bits per heavy atom. The molecular formula is C12H10BrNO4. The van der Waals surface area contributed by atoms with E-state index in [4.69, 9.17) is 9.47 Å². The fourth-order valence-corrected chi connectivity index (χ4v) is 2.61. The van der Waals surface area contributed by atoms with Gasteiger partial charge in [-0.05, 0) is 28.8 Å². The number of isocyanates is 1. The van der Waals surface area contributed by atoms with Crippen molar-refractivity contribution in [3.8, 4) is 17.2 Å². The summed E-state index contributed by atoms with van der Waals surface area (Å²) in [5.74, 6) is 1.10. The van der Waals surface area contributed by atoms with Crippen LogP contribution >= 0.6 is 15.9 Å². The number of phenols is 1. The molecule has 1 fully saturated rings. The molecule has 0 saturated heterocycles. The lowest BCUT2D eigenvalue weighted by Gasteiger charge is -2.24. The number of rotatable bonds is 2. The number of benzene rings is 1. The predicted molar refractivity (Wildman–Crippen MR) is 65.8 cm³/mol. The second-order valence-corrected chi connectivity index (χ2v) is 5.20. The van der Waals surface area contributed by atoms with Crippen molar-refractivity contribution >= 4 is 22.0 Å². The van der Waals surface area contributed by atoms with Crippen LogP contribution in [0.3, 0.4) is 0 Å². The number of fused-ring (bicyclic) bond motifs is 1. The minimum absolute atomic E-state index is 0.0516. The van der Waals surface area contributed by atoms with Gasteiger partial charge >= 0.3 is 0 Å². The van der Waals surface area contributed by atoms with Crippen LogP contribution in [0.5, 0.6) is 17.2 Å². The second-order valence-electron chi connectivity index (χ2n) is 4.34. The number of aliphatic imine (C=N–C) groups is 1. The van der Waals surface area contributed by atoms with Crippen molar-refractivity contribution in [2.75, 3.05) is 13.2 Å². The monoisotopic (exact) mass is 311 g/mol. The molecule has 2 aliphatic rings. The standard InChI is InChI=1S/C12H10BrNO4/c13-7-5-8-11(18-4-3-17-8)9(10(7)16)12(1-2-12)14-6-15/h5,16H,1-4H2. The number of aromatic hydroxyl groups is 1. The molecule has 0 aromatic heterocycles. The molecule has 1 saturated carbocycles. The van der Waals surface area contributed by atoms with E-state index in [1.54, 1.807) is 12.1 Å². The molecule has 0 amide bonds. The highest BCUT2D eigenvalue weighted by Gasteiger charge is 2.50. The van der Waals surface area contributed by atoms with Crippen LogP contribution in [-0.2, 0) is 10.3 Å². The quantitative estimate of drug-likeness (QED) is 0.672. The minimum atomic E-state index is -0.694. The summed E-state index contributed by atoms with van der Waals surface area (Å²) in [5.41, 5.74) is -0.171. The van der Waals surface area contributed by atoms with E-state index in [1.165, 1.54) is 0 Å². The summed E-state index contributed by atoms with van der Waals surface area (Å²) < 4.78 is 11.6. The van der Waals surface area contributed by atoms with Gasteiger partial charge in [0.2, 0.25) is 6.08 Å². The largest absolute Gasteiger partial charge is 0.506 e. The number of phenolic OH excluding ortho intramolecular Hbond substituents is 1. The first-order valence-electron chi connectivity index (χ1n) is 5.58. The number of hydrogen-bond acceptors (Lipinski definition) is 5. The maximum Gasteiger partial charge on any atom is 0.235 e. The van der Waals surface area contributed by atoms with Crippen molar-refractivity contribution in [1.29, 1.82) is 0 Å². The molecular weight excluding hydrogens is 302 g/mol. The number of halogens is 1. The van der Waals surface area contributed by atoms with E-state index >= 15 is 0 Å². The first-order chi connectivity index (χ1) is 8.68. The lowest BCUT2D eigenvalue weighted by molar-refractivity contribution is 0.167. The van der Waals surface area contributed by atoms with Gasteiger partial charge in [-0.3, -0.25) is 0 Å². The van der Waals surface area contributed by atoms with Gasteiger partial charge in [0.25, 0.3) is 0 Å². The van der Waals surface area contributed by atoms with Gasteiger partial charge in [-0.15, -0.1) is 0 Å². The number of carbonyl (C=O) groups excluding carboxylic acids is 1. The maximum atomic E-state index is 10.5. The third-order valence-electron chi connectivity index (χ3n) is 3.21. The van der Waals surface area contributed by atoms with Crippen molar-refractivity contribution in [2.45, 2.75) is 18.4 Å². The van der Waals surface area contributed by atoms with Crippen molar-refractivity contribution in [3.63, 3.8) is 0 Å². The minimum Gasteiger partial charge on any atom is -0.506 e. The van der Waals surface area contributed by atoms with Crippen LogP contribution in [0.15, 0.2) is 15.5 Å². The molecule has 0 spiro atoms. The second kappa shape index (κ2) is 4.00. The first-order valence-corrected chi connectivity index (χ1v) is 6.38. The molecule has 18 heavy (non-hydrogen) atoms. The van der Waals surface area contributed by atoms with Crippen molar-refractivity contribution in [3.05, 3.63) is 16.1 Å². The zero-order valence-corrected chi connectivity index (χ0v) is 11.0. The van der Waals surface area contributed by atoms with Crippen LogP contribution in [0.2, 0.25) is 0 Å². The highest BCUT2D eigenvalue weighted by Crippen LogP contribution is 2.59. The summed E-state index contributed by atoms with van der Waals surface area (Å²) in [6, 6.07) is 1.66. The van der Waals surface area contributed by atoms with E-state index in [2.05, 4.69) is 20.9 Å². The summed E-state index contributed by atoms with van der Waals surface area (Å²) in [7, 11) is 0. The average Bonchev–Trinajstić information content (AvgIpc) is 3.12. The van der Waals surface area contributed by atoms with Crippen molar-refractivity contribution in [1.82, 2.24) is 0 Å². The van der Waals surface area contributed by atoms with E-state index in [1.807, 2.05) is 0 Å². The van der Waals surface area contributed by atoms with Crippen LogP contribution in [0.1, 0.15) is 18.4 Å². The molecule has 1 aliphatic carbocycles. The van der Waals surface area contributed by atoms with Gasteiger partial charge in [-0.1, -0.05) is 0 Å². The van der Waals surface area contributed by atoms with Gasteiger partial charge in [0.1, 0.15) is 24.5 Å². The van der Waals surface area contributed by atoms with Crippen molar-refractivity contribution in [2.24, 2.45) is 4.99 Å². The topological polar surface area (TPSA) is 68.1 Å². The SMILES string of the molecule is O=C=NC1(c2c(O)c(Br)cc3c2OCCO3)CC1. The first kappa shape index (κ1) is 11.6. The summed E-state index contributed by atoms with van der Waals surface area (Å²) in [6.45, 7) is 0.884. The molecule has 1 aromatic carbocycles. The molecule has 6 heteroatoms. The third kappa shape index (κ3) is 1.61. The predicted octanol–water partition coefficient (Wildman–Crippen LogP) is 2.25. The Kier molecular flexibility index (Phi) is 2.57. The van der Waals surface area contributed by atoms with Gasteiger partial charge in [-0.25, -0.2) is 4.79 Å². The maximum absolute atomic E-state index is 10.5. The number of hydrogen-bond donors (Lipinski definition) is 1. The Balaban J connectivity index is 2.24. The van der Waals surface area contributed by atoms with E-state index in [-0.39, 0.29) is 5.75 Å². The summed E-state index contributed by atoms with van der Waals surface area (Å²) in [6.07, 6.45) is 2.97. The Hall–Kier alpha value is -1.52. The van der Waals surface area contributed by atoms with E-state index in [9.17, 15) is 9.90 Å². The van der Waals surface area contributed by atoms with E-state index < -0.39 is 5.54 Å². The van der Waals surface area contributed by atoms with Gasteiger partial charge in [0.05, 0.1) is 10.0 Å². The van der Waals surface area contributed by atoms with Crippen LogP contribution < -0.4 is 9.47 Å². The van der Waals surface area contributed by atoms with Gasteiger partial charge in [-0.2, -0.15) is 4.99 Å². The number of nitrogens with zero attached hydrogens (tertiary/aromatic N) is 1. The zero-order chi connectivity index (χ0) is 12.8. The number of ether oxygens (including phenoxy) is 2. The fourth-order valence-electron chi connectivity index (χ4n) is 2.20. The fraction of sp³-hybridized carbons (Fsp3) is 0.417. The van der Waals surface area contributed by atoms with Gasteiger partial charge in [0, 0.05) is 6.07 Å². The van der Waals surface area contributed by atoms with E-state index in [0.717, 1.165) is 0 Å². The van der Waals surface area contributed by atoms with Crippen LogP contribution in [0.4, 0.5) is 0 Å². The van der Waals surface area contributed by atoms with E-state index in [0.29, 0.717) is 47.6 Å². The Bertz CT molecular complexity index is 562. The summed E-state index contributed by atoms with van der Waals surface area (Å²) >= 11 is 3.27. The van der Waals surface area contributed by atoms with Crippen LogP contribution in [-0.4, -0.2) is 24.4 Å². The Morgan fingerprint density at radius 2 is 2.11 bits per heavy atom. The summed E-state index contributed by atoms with van der Waals surface area (Å²) in [5, 5.41) is 10.2. The third-order valence-corrected chi connectivity index (χ3v) is 3.81. The Labute approximate surface area is 112 Å². The molecule has 0 atom stereocenters. The normalized spacial score (nSPS) is 18.9. The van der Waals surface area contributed by atoms with Gasteiger partial charge < -0.3 is 14.6 Å². The van der Waals surface area contributed by atoms with Crippen LogP contribution in [0.25, 0.3) is 0 Å². The molecule has 5 nitrogen and oxygen atoms in total. The smallest absolute Gasteiger partial charge is 0.235 e. The molecule has 1 aromatic rings. The molecule has 3 rings (SSSR count). The highest BCUT2D eigenvalue weighted by molar-refractivity contribution is 9.10. The molecule has 0 bridgehead atoms. The molecule has 0 unspecified atom stereocenters.